The number of nitrogens with one attached hydrogen (secondary N) is 1. The Morgan fingerprint density at radius 3 is 1.65 bits per heavy atom. The van der Waals surface area contributed by atoms with Gasteiger partial charge in [0.2, 0.25) is 0 Å². The van der Waals surface area contributed by atoms with E-state index in [1.54, 1.807) is 0 Å². The molecule has 0 heterocycles. The number of hydrogen-bond donors (Lipinski definition) is 2. The van der Waals surface area contributed by atoms with Gasteiger partial charge in [-0.05, 0) is 13.0 Å². The first kappa shape index (κ1) is 19.4. The molecule has 0 rings (SSSR count). The summed E-state index contributed by atoms with van der Waals surface area (Å²) in [6, 6.07) is 0. The fourth-order valence-corrected chi connectivity index (χ4v) is 2.41. The highest BCUT2D eigenvalue weighted by molar-refractivity contribution is 5.66. The Balaban J connectivity index is 2.94. The zero-order valence-corrected chi connectivity index (χ0v) is 13.5. The van der Waals surface area contributed by atoms with Crippen molar-refractivity contribution in [2.75, 3.05) is 13.1 Å². The zero-order chi connectivity index (χ0) is 14.9. The largest absolute Gasteiger partial charge is 0.481 e. The summed E-state index contributed by atoms with van der Waals surface area (Å²) in [7, 11) is 0. The highest BCUT2D eigenvalue weighted by Crippen LogP contribution is 2.11. The Morgan fingerprint density at radius 2 is 1.20 bits per heavy atom. The van der Waals surface area contributed by atoms with Crippen molar-refractivity contribution in [1.82, 2.24) is 5.32 Å². The van der Waals surface area contributed by atoms with Crippen LogP contribution >= 0.6 is 0 Å². The van der Waals surface area contributed by atoms with Gasteiger partial charge in [0.25, 0.3) is 0 Å². The molecule has 0 atom stereocenters. The lowest BCUT2D eigenvalue weighted by Gasteiger charge is -2.04. The number of carbonyl (C=O) groups is 1. The normalized spacial score (nSPS) is 10.8. The van der Waals surface area contributed by atoms with E-state index in [-0.39, 0.29) is 6.42 Å². The molecule has 0 aromatic carbocycles. The van der Waals surface area contributed by atoms with Gasteiger partial charge in [0.05, 0.1) is 6.42 Å². The molecule has 0 spiro atoms. The topological polar surface area (TPSA) is 49.3 Å². The van der Waals surface area contributed by atoms with Crippen LogP contribution in [0.1, 0.15) is 90.4 Å². The number of unbranched alkanes of at least 4 members (excludes halogenated alkanes) is 11. The second-order valence-corrected chi connectivity index (χ2v) is 5.78. The van der Waals surface area contributed by atoms with Crippen molar-refractivity contribution < 1.29 is 9.90 Å². The van der Waals surface area contributed by atoms with E-state index < -0.39 is 5.97 Å². The summed E-state index contributed by atoms with van der Waals surface area (Å²) in [4.78, 5) is 10.3. The average Bonchev–Trinajstić information content (AvgIpc) is 2.43. The monoisotopic (exact) mass is 285 g/mol. The lowest BCUT2D eigenvalue weighted by Crippen LogP contribution is -2.19. The molecule has 0 aliphatic rings. The first-order valence-electron chi connectivity index (χ1n) is 8.70. The van der Waals surface area contributed by atoms with Gasteiger partial charge in [-0.1, -0.05) is 77.6 Å². The molecule has 0 fully saturated rings. The van der Waals surface area contributed by atoms with Crippen molar-refractivity contribution in [3.63, 3.8) is 0 Å². The van der Waals surface area contributed by atoms with Crippen LogP contribution in [0.15, 0.2) is 0 Å². The maximum absolute atomic E-state index is 10.3. The molecule has 0 amide bonds. The second-order valence-electron chi connectivity index (χ2n) is 5.78. The van der Waals surface area contributed by atoms with Gasteiger partial charge in [-0.15, -0.1) is 0 Å². The SMILES string of the molecule is CCCCCCCCCCCCCCNCCC(=O)O. The molecule has 3 nitrogen and oxygen atoms in total. The third kappa shape index (κ3) is 17.4. The minimum absolute atomic E-state index is 0.234. The Bertz CT molecular complexity index is 207. The summed E-state index contributed by atoms with van der Waals surface area (Å²) in [5.74, 6) is -0.716. The summed E-state index contributed by atoms with van der Waals surface area (Å²) in [6.07, 6.45) is 16.6. The van der Waals surface area contributed by atoms with Crippen molar-refractivity contribution in [1.29, 1.82) is 0 Å². The molecule has 0 aromatic rings. The molecular formula is C17H35NO2. The van der Waals surface area contributed by atoms with Crippen molar-refractivity contribution in [2.24, 2.45) is 0 Å². The molecule has 0 aliphatic heterocycles. The molecule has 0 saturated heterocycles. The van der Waals surface area contributed by atoms with E-state index in [0.29, 0.717) is 6.54 Å². The molecule has 120 valence electrons. The van der Waals surface area contributed by atoms with Gasteiger partial charge < -0.3 is 10.4 Å². The van der Waals surface area contributed by atoms with E-state index in [9.17, 15) is 4.79 Å². The van der Waals surface area contributed by atoms with Crippen molar-refractivity contribution in [3.8, 4) is 0 Å². The van der Waals surface area contributed by atoms with Gasteiger partial charge in [0, 0.05) is 6.54 Å². The van der Waals surface area contributed by atoms with Gasteiger partial charge in [0.15, 0.2) is 0 Å². The van der Waals surface area contributed by atoms with Crippen LogP contribution in [0, 0.1) is 0 Å². The number of aliphatic carboxylic acids is 1. The van der Waals surface area contributed by atoms with E-state index >= 15 is 0 Å². The Labute approximate surface area is 125 Å². The van der Waals surface area contributed by atoms with Gasteiger partial charge in [-0.3, -0.25) is 4.79 Å². The Hall–Kier alpha value is -0.570. The fourth-order valence-electron chi connectivity index (χ4n) is 2.41. The molecule has 0 aliphatic carbocycles. The van der Waals surface area contributed by atoms with E-state index in [1.165, 1.54) is 77.0 Å². The number of hydrogen-bond acceptors (Lipinski definition) is 2. The van der Waals surface area contributed by atoms with Crippen LogP contribution in [0.4, 0.5) is 0 Å². The smallest absolute Gasteiger partial charge is 0.304 e. The third-order valence-electron chi connectivity index (χ3n) is 3.72. The highest BCUT2D eigenvalue weighted by Gasteiger charge is 1.96. The molecule has 0 radical (unpaired) electrons. The molecule has 2 N–H and O–H groups in total. The molecule has 0 unspecified atom stereocenters. The van der Waals surface area contributed by atoms with Crippen LogP contribution in [0.5, 0.6) is 0 Å². The second kappa shape index (κ2) is 16.5. The lowest BCUT2D eigenvalue weighted by molar-refractivity contribution is -0.136. The summed E-state index contributed by atoms with van der Waals surface area (Å²) >= 11 is 0. The molecule has 0 bridgehead atoms. The zero-order valence-electron chi connectivity index (χ0n) is 13.5. The summed E-state index contributed by atoms with van der Waals surface area (Å²) in [5, 5.41) is 11.6. The van der Waals surface area contributed by atoms with Crippen LogP contribution in [-0.2, 0) is 4.79 Å². The van der Waals surface area contributed by atoms with Crippen molar-refractivity contribution >= 4 is 5.97 Å². The molecule has 3 heteroatoms. The molecule has 0 saturated carbocycles. The predicted molar refractivity (Wildman–Crippen MR) is 86.2 cm³/mol. The number of carboxylic acid groups (broad SMARTS) is 1. The van der Waals surface area contributed by atoms with Gasteiger partial charge >= 0.3 is 5.97 Å². The maximum atomic E-state index is 10.3. The molecular weight excluding hydrogens is 250 g/mol. The van der Waals surface area contributed by atoms with Gasteiger partial charge in [-0.25, -0.2) is 0 Å². The van der Waals surface area contributed by atoms with Gasteiger partial charge in [-0.2, -0.15) is 0 Å². The quantitative estimate of drug-likeness (QED) is 0.402. The lowest BCUT2D eigenvalue weighted by atomic mass is 10.1. The standard InChI is InChI=1S/C17H35NO2/c1-2-3-4-5-6-7-8-9-10-11-12-13-15-18-16-14-17(19)20/h18H,2-16H2,1H3,(H,19,20). The van der Waals surface area contributed by atoms with Crippen LogP contribution < -0.4 is 5.32 Å². The first-order valence-corrected chi connectivity index (χ1v) is 8.70. The Morgan fingerprint density at radius 1 is 0.750 bits per heavy atom. The van der Waals surface area contributed by atoms with E-state index in [2.05, 4.69) is 12.2 Å². The predicted octanol–water partition coefficient (Wildman–Crippen LogP) is 4.75. The minimum atomic E-state index is -0.716. The highest BCUT2D eigenvalue weighted by atomic mass is 16.4. The van der Waals surface area contributed by atoms with E-state index in [4.69, 9.17) is 5.11 Å². The molecule has 0 aromatic heterocycles. The number of rotatable bonds is 16. The van der Waals surface area contributed by atoms with Crippen LogP contribution in [-0.4, -0.2) is 24.2 Å². The van der Waals surface area contributed by atoms with Crippen LogP contribution in [0.25, 0.3) is 0 Å². The summed E-state index contributed by atoms with van der Waals surface area (Å²) in [5.41, 5.74) is 0. The van der Waals surface area contributed by atoms with E-state index in [1.807, 2.05) is 0 Å². The first-order chi connectivity index (χ1) is 9.77. The maximum Gasteiger partial charge on any atom is 0.304 e. The van der Waals surface area contributed by atoms with Crippen LogP contribution in [0.2, 0.25) is 0 Å². The Kier molecular flexibility index (Phi) is 16.0. The van der Waals surface area contributed by atoms with Gasteiger partial charge in [0.1, 0.15) is 0 Å². The third-order valence-corrected chi connectivity index (χ3v) is 3.72. The number of carboxylic acids is 1. The van der Waals surface area contributed by atoms with Crippen LogP contribution in [0.3, 0.4) is 0 Å². The van der Waals surface area contributed by atoms with Crippen molar-refractivity contribution in [2.45, 2.75) is 90.4 Å². The minimum Gasteiger partial charge on any atom is -0.481 e. The fraction of sp³-hybridized carbons (Fsp3) is 0.941. The average molecular weight is 285 g/mol. The van der Waals surface area contributed by atoms with E-state index in [0.717, 1.165) is 6.54 Å². The van der Waals surface area contributed by atoms with Crippen molar-refractivity contribution in [3.05, 3.63) is 0 Å². The summed E-state index contributed by atoms with van der Waals surface area (Å²) < 4.78 is 0. The molecule has 20 heavy (non-hydrogen) atoms. The summed E-state index contributed by atoms with van der Waals surface area (Å²) in [6.45, 7) is 3.83.